The van der Waals surface area contributed by atoms with Gasteiger partial charge < -0.3 is 10.6 Å². The summed E-state index contributed by atoms with van der Waals surface area (Å²) < 4.78 is 2.01. The van der Waals surface area contributed by atoms with Crippen LogP contribution in [-0.2, 0) is 4.79 Å². The molecule has 1 amide bonds. The van der Waals surface area contributed by atoms with Crippen molar-refractivity contribution in [2.45, 2.75) is 44.7 Å². The summed E-state index contributed by atoms with van der Waals surface area (Å²) in [6, 6.07) is 2.50. The van der Waals surface area contributed by atoms with Crippen molar-refractivity contribution in [2.24, 2.45) is 11.8 Å². The molecule has 0 aromatic carbocycles. The Bertz CT molecular complexity index is 441. The lowest BCUT2D eigenvalue weighted by molar-refractivity contribution is -0.128. The zero-order valence-electron chi connectivity index (χ0n) is 12.1. The number of amides is 1. The van der Waals surface area contributed by atoms with Crippen molar-refractivity contribution < 1.29 is 4.79 Å². The Balaban J connectivity index is 1.63. The molecule has 20 heavy (non-hydrogen) atoms. The molecule has 3 atom stereocenters. The fourth-order valence-electron chi connectivity index (χ4n) is 3.27. The summed E-state index contributed by atoms with van der Waals surface area (Å²) in [6.07, 6.45) is 8.41. The van der Waals surface area contributed by atoms with E-state index in [1.54, 1.807) is 0 Å². The van der Waals surface area contributed by atoms with Crippen LogP contribution in [0.25, 0.3) is 0 Å². The maximum absolute atomic E-state index is 12.4. The standard InChI is InChI=1S/C15H24N4O/c1-11(12-9-16-10-12)15(20)18-13-5-2-3-6-14(13)19-8-4-7-17-19/h4,7-8,11-14,16H,2-3,5-6,9-10H2,1H3,(H,18,20). The van der Waals surface area contributed by atoms with E-state index in [-0.39, 0.29) is 17.9 Å². The second kappa shape index (κ2) is 5.95. The zero-order valence-corrected chi connectivity index (χ0v) is 12.1. The van der Waals surface area contributed by atoms with E-state index in [2.05, 4.69) is 15.7 Å². The quantitative estimate of drug-likeness (QED) is 0.872. The monoisotopic (exact) mass is 276 g/mol. The molecule has 2 fully saturated rings. The second-order valence-corrected chi connectivity index (χ2v) is 6.16. The third-order valence-electron chi connectivity index (χ3n) is 4.86. The van der Waals surface area contributed by atoms with Gasteiger partial charge in [0.05, 0.1) is 12.1 Å². The molecule has 0 radical (unpaired) electrons. The maximum atomic E-state index is 12.4. The molecule has 0 bridgehead atoms. The number of carbonyl (C=O) groups is 1. The Labute approximate surface area is 120 Å². The van der Waals surface area contributed by atoms with Crippen LogP contribution in [-0.4, -0.2) is 34.8 Å². The number of rotatable bonds is 4. The molecule has 0 spiro atoms. The van der Waals surface area contributed by atoms with Crippen molar-refractivity contribution in [3.63, 3.8) is 0 Å². The van der Waals surface area contributed by atoms with Gasteiger partial charge in [0, 0.05) is 18.3 Å². The van der Waals surface area contributed by atoms with Gasteiger partial charge in [0.1, 0.15) is 0 Å². The van der Waals surface area contributed by atoms with Crippen LogP contribution in [0.15, 0.2) is 18.5 Å². The lowest BCUT2D eigenvalue weighted by atomic mass is 9.86. The number of nitrogens with zero attached hydrogens (tertiary/aromatic N) is 2. The Kier molecular flexibility index (Phi) is 4.05. The average molecular weight is 276 g/mol. The lowest BCUT2D eigenvalue weighted by Gasteiger charge is -2.36. The van der Waals surface area contributed by atoms with E-state index in [4.69, 9.17) is 0 Å². The van der Waals surface area contributed by atoms with Crippen LogP contribution in [0.2, 0.25) is 0 Å². The highest BCUT2D eigenvalue weighted by Crippen LogP contribution is 2.28. The van der Waals surface area contributed by atoms with Gasteiger partial charge >= 0.3 is 0 Å². The first-order chi connectivity index (χ1) is 9.75. The second-order valence-electron chi connectivity index (χ2n) is 6.16. The highest BCUT2D eigenvalue weighted by molar-refractivity contribution is 5.79. The lowest BCUT2D eigenvalue weighted by Crippen LogP contribution is -2.52. The van der Waals surface area contributed by atoms with Gasteiger partial charge in [0.2, 0.25) is 5.91 Å². The smallest absolute Gasteiger partial charge is 0.223 e. The largest absolute Gasteiger partial charge is 0.351 e. The van der Waals surface area contributed by atoms with Gasteiger partial charge in [-0.2, -0.15) is 5.10 Å². The molecule has 1 aromatic heterocycles. The first kappa shape index (κ1) is 13.6. The Morgan fingerprint density at radius 1 is 1.40 bits per heavy atom. The van der Waals surface area contributed by atoms with Crippen molar-refractivity contribution in [3.8, 4) is 0 Å². The maximum Gasteiger partial charge on any atom is 0.223 e. The van der Waals surface area contributed by atoms with Crippen molar-refractivity contribution in [2.75, 3.05) is 13.1 Å². The van der Waals surface area contributed by atoms with Gasteiger partial charge in [-0.15, -0.1) is 0 Å². The Morgan fingerprint density at radius 2 is 2.20 bits per heavy atom. The van der Waals surface area contributed by atoms with Crippen LogP contribution in [0.5, 0.6) is 0 Å². The third-order valence-corrected chi connectivity index (χ3v) is 4.86. The van der Waals surface area contributed by atoms with Crippen molar-refractivity contribution in [1.29, 1.82) is 0 Å². The molecular weight excluding hydrogens is 252 g/mol. The molecule has 1 aliphatic carbocycles. The van der Waals surface area contributed by atoms with Crippen molar-refractivity contribution in [1.82, 2.24) is 20.4 Å². The molecule has 2 aliphatic rings. The Morgan fingerprint density at radius 3 is 2.85 bits per heavy atom. The van der Waals surface area contributed by atoms with E-state index in [1.165, 1.54) is 12.8 Å². The number of hydrogen-bond donors (Lipinski definition) is 2. The summed E-state index contributed by atoms with van der Waals surface area (Å²) in [5, 5.41) is 10.9. The summed E-state index contributed by atoms with van der Waals surface area (Å²) in [4.78, 5) is 12.4. The van der Waals surface area contributed by atoms with E-state index in [9.17, 15) is 4.79 Å². The summed E-state index contributed by atoms with van der Waals surface area (Å²) in [6.45, 7) is 4.00. The molecule has 2 heterocycles. The molecule has 2 N–H and O–H groups in total. The predicted octanol–water partition coefficient (Wildman–Crippen LogP) is 1.34. The van der Waals surface area contributed by atoms with Gasteiger partial charge in [0.25, 0.3) is 0 Å². The van der Waals surface area contributed by atoms with Gasteiger partial charge in [-0.1, -0.05) is 19.8 Å². The van der Waals surface area contributed by atoms with E-state index >= 15 is 0 Å². The minimum Gasteiger partial charge on any atom is -0.351 e. The van der Waals surface area contributed by atoms with E-state index in [0.29, 0.717) is 12.0 Å². The van der Waals surface area contributed by atoms with Crippen LogP contribution in [0.4, 0.5) is 0 Å². The van der Waals surface area contributed by atoms with E-state index in [1.807, 2.05) is 30.1 Å². The van der Waals surface area contributed by atoms with Gasteiger partial charge in [0.15, 0.2) is 0 Å². The van der Waals surface area contributed by atoms with Crippen molar-refractivity contribution in [3.05, 3.63) is 18.5 Å². The van der Waals surface area contributed by atoms with E-state index in [0.717, 1.165) is 25.9 Å². The number of aromatic nitrogens is 2. The third kappa shape index (κ3) is 2.73. The van der Waals surface area contributed by atoms with Gasteiger partial charge in [-0.05, 0) is 37.9 Å². The van der Waals surface area contributed by atoms with E-state index < -0.39 is 0 Å². The Hall–Kier alpha value is -1.36. The fourth-order valence-corrected chi connectivity index (χ4v) is 3.27. The minimum atomic E-state index is 0.108. The number of hydrogen-bond acceptors (Lipinski definition) is 3. The van der Waals surface area contributed by atoms with Crippen LogP contribution >= 0.6 is 0 Å². The van der Waals surface area contributed by atoms with Crippen LogP contribution in [0, 0.1) is 11.8 Å². The molecule has 110 valence electrons. The zero-order chi connectivity index (χ0) is 13.9. The normalized spacial score (nSPS) is 28.6. The molecule has 5 heteroatoms. The molecule has 5 nitrogen and oxygen atoms in total. The predicted molar refractivity (Wildman–Crippen MR) is 77.2 cm³/mol. The topological polar surface area (TPSA) is 59.0 Å². The average Bonchev–Trinajstić information content (AvgIpc) is 2.91. The summed E-state index contributed by atoms with van der Waals surface area (Å²) in [5.41, 5.74) is 0. The van der Waals surface area contributed by atoms with Crippen LogP contribution in [0.3, 0.4) is 0 Å². The highest BCUT2D eigenvalue weighted by Gasteiger charge is 2.33. The molecule has 3 unspecified atom stereocenters. The number of nitrogens with one attached hydrogen (secondary N) is 2. The summed E-state index contributed by atoms with van der Waals surface area (Å²) >= 11 is 0. The first-order valence-electron chi connectivity index (χ1n) is 7.76. The molecule has 1 saturated carbocycles. The summed E-state index contributed by atoms with van der Waals surface area (Å²) in [5.74, 6) is 0.818. The highest BCUT2D eigenvalue weighted by atomic mass is 16.2. The molecule has 1 aliphatic heterocycles. The van der Waals surface area contributed by atoms with Crippen molar-refractivity contribution >= 4 is 5.91 Å². The SMILES string of the molecule is CC(C(=O)NC1CCCCC1n1cccn1)C1CNC1. The van der Waals surface area contributed by atoms with Gasteiger partial charge in [-0.25, -0.2) is 0 Å². The fraction of sp³-hybridized carbons (Fsp3) is 0.733. The van der Waals surface area contributed by atoms with Crippen LogP contribution < -0.4 is 10.6 Å². The molecule has 1 aromatic rings. The minimum absolute atomic E-state index is 0.108. The van der Waals surface area contributed by atoms with Gasteiger partial charge in [-0.3, -0.25) is 9.48 Å². The molecular formula is C15H24N4O. The van der Waals surface area contributed by atoms with Crippen LogP contribution in [0.1, 0.15) is 38.6 Å². The first-order valence-corrected chi connectivity index (χ1v) is 7.76. The molecule has 3 rings (SSSR count). The molecule has 1 saturated heterocycles. The summed E-state index contributed by atoms with van der Waals surface area (Å²) in [7, 11) is 0. The number of carbonyl (C=O) groups excluding carboxylic acids is 1.